The zero-order valence-electron chi connectivity index (χ0n) is 32.2. The summed E-state index contributed by atoms with van der Waals surface area (Å²) in [5.74, 6) is -1.24. The maximum Gasteiger partial charge on any atom is 0.266 e. The van der Waals surface area contributed by atoms with E-state index in [4.69, 9.17) is 0 Å². The van der Waals surface area contributed by atoms with Crippen LogP contribution in [0.4, 0.5) is 11.4 Å². The van der Waals surface area contributed by atoms with Crippen LogP contribution in [0.25, 0.3) is 11.1 Å². The summed E-state index contributed by atoms with van der Waals surface area (Å²) in [7, 11) is 0. The average Bonchev–Trinajstić information content (AvgIpc) is 3.61. The van der Waals surface area contributed by atoms with Crippen molar-refractivity contribution >= 4 is 78.0 Å². The van der Waals surface area contributed by atoms with Crippen molar-refractivity contribution in [3.05, 3.63) is 91.2 Å². The quantitative estimate of drug-likeness (QED) is 0.0943. The van der Waals surface area contributed by atoms with E-state index < -0.39 is 0 Å². The van der Waals surface area contributed by atoms with Crippen LogP contribution >= 0.6 is 31.9 Å². The summed E-state index contributed by atoms with van der Waals surface area (Å²) >= 11 is 7.01. The van der Waals surface area contributed by atoms with Gasteiger partial charge in [0.15, 0.2) is 0 Å². The molecule has 0 spiro atoms. The summed E-state index contributed by atoms with van der Waals surface area (Å²) in [5, 5.41) is 1.12. The Kier molecular flexibility index (Phi) is 16.3. The highest BCUT2D eigenvalue weighted by molar-refractivity contribution is 9.10. The number of hydrogen-bond donors (Lipinski definition) is 0. The monoisotopic (exact) mass is 858 g/mol. The molecule has 3 aromatic carbocycles. The van der Waals surface area contributed by atoms with Gasteiger partial charge in [-0.2, -0.15) is 0 Å². The fourth-order valence-electron chi connectivity index (χ4n) is 7.70. The van der Waals surface area contributed by atoms with Crippen molar-refractivity contribution in [2.45, 2.75) is 142 Å². The van der Waals surface area contributed by atoms with E-state index in [1.165, 1.54) is 74.0 Å². The van der Waals surface area contributed by atoms with Gasteiger partial charge in [0.1, 0.15) is 0 Å². The molecule has 0 aliphatic carbocycles. The predicted octanol–water partition coefficient (Wildman–Crippen LogP) is 11.2. The molecule has 2 heterocycles. The molecule has 2 aliphatic heterocycles. The number of halogens is 2. The third-order valence-electron chi connectivity index (χ3n) is 10.7. The lowest BCUT2D eigenvalue weighted by Gasteiger charge is -2.18. The number of rotatable bonds is 22. The number of carbonyl (C=O) groups is 4. The zero-order valence-corrected chi connectivity index (χ0v) is 35.4. The van der Waals surface area contributed by atoms with Gasteiger partial charge in [0, 0.05) is 32.2 Å². The second-order valence-corrected chi connectivity index (χ2v) is 16.7. The van der Waals surface area contributed by atoms with E-state index in [-0.39, 0.29) is 36.5 Å². The van der Waals surface area contributed by atoms with Crippen molar-refractivity contribution in [1.29, 1.82) is 0 Å². The van der Waals surface area contributed by atoms with Gasteiger partial charge in [-0.1, -0.05) is 173 Å². The minimum atomic E-state index is -0.374. The van der Waals surface area contributed by atoms with Gasteiger partial charge in [-0.05, 0) is 60.4 Å². The lowest BCUT2D eigenvalue weighted by atomic mass is 10.0. The molecule has 4 amide bonds. The van der Waals surface area contributed by atoms with Crippen LogP contribution in [0.1, 0.15) is 153 Å². The number of unbranched alkanes of at least 4 members (excludes halogenated alkanes) is 16. The summed E-state index contributed by atoms with van der Waals surface area (Å²) in [4.78, 5) is 59.3. The smallest absolute Gasteiger partial charge is 0.266 e. The molecule has 8 heteroatoms. The SMILES string of the molecule is CCCCCCCCCCCC(=O)N1C(=O)C(c2ccc(Br)cc2)=c2cc3c(cc21)=C(c1ccc(Br)cc1)C(=O)N3C(=O)CCCCCCCCCCC. The first kappa shape index (κ1) is 41.8. The fourth-order valence-corrected chi connectivity index (χ4v) is 8.23. The van der Waals surface area contributed by atoms with Crippen LogP contribution in [0.5, 0.6) is 0 Å². The Morgan fingerprint density at radius 2 is 0.759 bits per heavy atom. The summed E-state index contributed by atoms with van der Waals surface area (Å²) in [5.41, 5.74) is 3.09. The van der Waals surface area contributed by atoms with Crippen molar-refractivity contribution in [2.24, 2.45) is 0 Å². The van der Waals surface area contributed by atoms with E-state index in [2.05, 4.69) is 45.7 Å². The Balaban J connectivity index is 1.44. The van der Waals surface area contributed by atoms with Crippen LogP contribution in [0.15, 0.2) is 69.6 Å². The number of nitrogens with zero attached hydrogens (tertiary/aromatic N) is 2. The molecule has 0 radical (unpaired) electrons. The number of imide groups is 2. The normalized spacial score (nSPS) is 13.6. The molecule has 3 aromatic rings. The Morgan fingerprint density at radius 1 is 0.463 bits per heavy atom. The number of benzene rings is 3. The third kappa shape index (κ3) is 10.5. The first-order valence-electron chi connectivity index (χ1n) is 20.5. The Bertz CT molecular complexity index is 1760. The number of carbonyl (C=O) groups excluding carboxylic acids is 4. The minimum absolute atomic E-state index is 0.246. The average molecular weight is 861 g/mol. The largest absolute Gasteiger partial charge is 0.274 e. The van der Waals surface area contributed by atoms with Crippen LogP contribution in [0.3, 0.4) is 0 Å². The van der Waals surface area contributed by atoms with Crippen LogP contribution < -0.4 is 20.2 Å². The lowest BCUT2D eigenvalue weighted by molar-refractivity contribution is -0.125. The number of amides is 4. The van der Waals surface area contributed by atoms with Gasteiger partial charge in [-0.15, -0.1) is 0 Å². The zero-order chi connectivity index (χ0) is 38.5. The minimum Gasteiger partial charge on any atom is -0.274 e. The Morgan fingerprint density at radius 3 is 1.07 bits per heavy atom. The molecule has 0 aromatic heterocycles. The molecule has 0 fully saturated rings. The van der Waals surface area contributed by atoms with Gasteiger partial charge in [-0.25, -0.2) is 9.80 Å². The van der Waals surface area contributed by atoms with Crippen molar-refractivity contribution in [3.8, 4) is 0 Å². The van der Waals surface area contributed by atoms with Crippen molar-refractivity contribution in [2.75, 3.05) is 9.80 Å². The number of hydrogen-bond acceptors (Lipinski definition) is 4. The first-order valence-corrected chi connectivity index (χ1v) is 22.0. The molecule has 6 nitrogen and oxygen atoms in total. The summed E-state index contributed by atoms with van der Waals surface area (Å²) in [6.07, 6.45) is 20.8. The summed E-state index contributed by atoms with van der Waals surface area (Å²) < 4.78 is 1.75. The highest BCUT2D eigenvalue weighted by Gasteiger charge is 2.39. The predicted molar refractivity (Wildman–Crippen MR) is 228 cm³/mol. The molecule has 54 heavy (non-hydrogen) atoms. The molecule has 5 rings (SSSR count). The van der Waals surface area contributed by atoms with Gasteiger partial charge in [0.25, 0.3) is 11.8 Å². The lowest BCUT2D eigenvalue weighted by Crippen LogP contribution is -2.36. The molecule has 0 atom stereocenters. The van der Waals surface area contributed by atoms with Crippen molar-refractivity contribution in [1.82, 2.24) is 0 Å². The van der Waals surface area contributed by atoms with Gasteiger partial charge in [-0.3, -0.25) is 19.2 Å². The van der Waals surface area contributed by atoms with Crippen molar-refractivity contribution < 1.29 is 19.2 Å². The Labute approximate surface area is 338 Å². The molecule has 0 unspecified atom stereocenters. The van der Waals surface area contributed by atoms with Crippen LogP contribution in [0, 0.1) is 0 Å². The molecular weight excluding hydrogens is 804 g/mol. The highest BCUT2D eigenvalue weighted by Crippen LogP contribution is 2.33. The molecule has 0 N–H and O–H groups in total. The topological polar surface area (TPSA) is 74.8 Å². The van der Waals surface area contributed by atoms with E-state index >= 15 is 0 Å². The highest BCUT2D eigenvalue weighted by atomic mass is 79.9. The second kappa shape index (κ2) is 21.1. The van der Waals surface area contributed by atoms with Gasteiger partial charge < -0.3 is 0 Å². The van der Waals surface area contributed by atoms with Gasteiger partial charge in [0.05, 0.1) is 22.5 Å². The molecule has 2 aliphatic rings. The molecule has 0 saturated carbocycles. The molecular formula is C46H56Br2N2O4. The maximum absolute atomic E-state index is 14.3. The van der Waals surface area contributed by atoms with Crippen LogP contribution in [-0.2, 0) is 19.2 Å². The Hall–Kier alpha value is -3.36. The van der Waals surface area contributed by atoms with Crippen LogP contribution in [0.2, 0.25) is 0 Å². The van der Waals surface area contributed by atoms with E-state index in [1.54, 1.807) is 12.1 Å². The van der Waals surface area contributed by atoms with E-state index in [0.29, 0.717) is 56.9 Å². The van der Waals surface area contributed by atoms with Gasteiger partial charge in [0.2, 0.25) is 11.8 Å². The van der Waals surface area contributed by atoms with Crippen molar-refractivity contribution in [3.63, 3.8) is 0 Å². The van der Waals surface area contributed by atoms with E-state index in [1.807, 2.05) is 48.5 Å². The molecule has 288 valence electrons. The first-order chi connectivity index (χ1) is 26.3. The third-order valence-corrected chi connectivity index (χ3v) is 11.8. The van der Waals surface area contributed by atoms with E-state index in [9.17, 15) is 19.2 Å². The fraction of sp³-hybridized carbons (Fsp3) is 0.478. The number of fused-ring (bicyclic) bond motifs is 2. The second-order valence-electron chi connectivity index (χ2n) is 14.9. The standard InChI is InChI=1S/C46H56Br2N2O4/c1-3-5-7-9-11-13-15-17-19-21-41(51)49-39-31-38-40(32-37(39)43(45(49)53)33-23-27-35(47)28-24-33)50(46(54)44(38)34-25-29-36(48)30-26-34)42(52)22-20-18-16-14-12-10-8-6-4-2/h23-32H,3-22H2,1-2H3. The van der Waals surface area contributed by atoms with Crippen LogP contribution in [-0.4, -0.2) is 23.6 Å². The number of anilines is 2. The molecule has 0 saturated heterocycles. The molecule has 0 bridgehead atoms. The summed E-state index contributed by atoms with van der Waals surface area (Å²) in [6.45, 7) is 4.45. The summed E-state index contributed by atoms with van der Waals surface area (Å²) in [6, 6.07) is 18.5. The van der Waals surface area contributed by atoms with E-state index in [0.717, 1.165) is 47.5 Å². The van der Waals surface area contributed by atoms with Gasteiger partial charge >= 0.3 is 0 Å². The maximum atomic E-state index is 14.3.